The summed E-state index contributed by atoms with van der Waals surface area (Å²) in [5, 5.41) is 13.1. The molecule has 23 heavy (non-hydrogen) atoms. The lowest BCUT2D eigenvalue weighted by molar-refractivity contribution is -0.384. The molecule has 1 heterocycles. The molecule has 0 radical (unpaired) electrons. The standard InChI is InChI=1S/C14H15N5O4/c20-13(12-8-11(9-16-12)19(22)23)17-18-14(21)15-7-6-10-4-2-1-3-5-10/h1-5,8-9,16H,6-7H2,(H,17,20)(H2,15,18,21). The Balaban J connectivity index is 1.71. The second-order valence-corrected chi connectivity index (χ2v) is 4.60. The van der Waals surface area contributed by atoms with E-state index in [1.807, 2.05) is 30.3 Å². The van der Waals surface area contributed by atoms with Crippen LogP contribution in [0.25, 0.3) is 0 Å². The summed E-state index contributed by atoms with van der Waals surface area (Å²) >= 11 is 0. The molecule has 120 valence electrons. The number of carbonyl (C=O) groups is 2. The van der Waals surface area contributed by atoms with Crippen LogP contribution < -0.4 is 16.2 Å². The fourth-order valence-electron chi connectivity index (χ4n) is 1.81. The zero-order chi connectivity index (χ0) is 16.7. The number of urea groups is 1. The molecule has 0 atom stereocenters. The van der Waals surface area contributed by atoms with Crippen molar-refractivity contribution in [3.8, 4) is 0 Å². The van der Waals surface area contributed by atoms with Crippen LogP contribution in [0.4, 0.5) is 10.5 Å². The first-order valence-corrected chi connectivity index (χ1v) is 6.77. The lowest BCUT2D eigenvalue weighted by atomic mass is 10.1. The van der Waals surface area contributed by atoms with E-state index in [0.717, 1.165) is 17.8 Å². The molecule has 0 aliphatic carbocycles. The predicted molar refractivity (Wildman–Crippen MR) is 81.6 cm³/mol. The second-order valence-electron chi connectivity index (χ2n) is 4.60. The summed E-state index contributed by atoms with van der Waals surface area (Å²) in [6.07, 6.45) is 1.75. The van der Waals surface area contributed by atoms with Gasteiger partial charge in [0.25, 0.3) is 11.6 Å². The lowest BCUT2D eigenvalue weighted by Gasteiger charge is -2.08. The number of carbonyl (C=O) groups excluding carboxylic acids is 2. The van der Waals surface area contributed by atoms with Crippen LogP contribution in [0.2, 0.25) is 0 Å². The van der Waals surface area contributed by atoms with Gasteiger partial charge >= 0.3 is 6.03 Å². The molecule has 4 N–H and O–H groups in total. The summed E-state index contributed by atoms with van der Waals surface area (Å²) in [5.74, 6) is -0.684. The van der Waals surface area contributed by atoms with Crippen molar-refractivity contribution in [2.75, 3.05) is 6.54 Å². The molecule has 0 unspecified atom stereocenters. The number of nitrogens with zero attached hydrogens (tertiary/aromatic N) is 1. The van der Waals surface area contributed by atoms with Gasteiger partial charge in [0.1, 0.15) is 5.69 Å². The summed E-state index contributed by atoms with van der Waals surface area (Å²) in [6, 6.07) is 10.1. The van der Waals surface area contributed by atoms with Crippen LogP contribution >= 0.6 is 0 Å². The number of H-pyrrole nitrogens is 1. The zero-order valence-electron chi connectivity index (χ0n) is 12.0. The van der Waals surface area contributed by atoms with E-state index in [2.05, 4.69) is 21.2 Å². The Kier molecular flexibility index (Phi) is 5.29. The predicted octanol–water partition coefficient (Wildman–Crippen LogP) is 1.11. The number of aromatic amines is 1. The van der Waals surface area contributed by atoms with Crippen molar-refractivity contribution in [2.24, 2.45) is 0 Å². The first-order valence-electron chi connectivity index (χ1n) is 6.77. The summed E-state index contributed by atoms with van der Waals surface area (Å²) in [5.41, 5.74) is 5.13. The normalized spacial score (nSPS) is 9.91. The molecular formula is C14H15N5O4. The molecule has 1 aromatic heterocycles. The average Bonchev–Trinajstić information content (AvgIpc) is 3.04. The molecule has 0 spiro atoms. The number of hydrogen-bond donors (Lipinski definition) is 4. The number of nitrogens with one attached hydrogen (secondary N) is 4. The largest absolute Gasteiger partial charge is 0.351 e. The molecule has 0 aliphatic heterocycles. The molecule has 0 bridgehead atoms. The van der Waals surface area contributed by atoms with E-state index in [9.17, 15) is 19.7 Å². The van der Waals surface area contributed by atoms with Gasteiger partial charge in [-0.05, 0) is 12.0 Å². The SMILES string of the molecule is O=C(NCCc1ccccc1)NNC(=O)c1cc([N+](=O)[O-])c[nH]1. The molecule has 3 amide bonds. The Morgan fingerprint density at radius 2 is 1.91 bits per heavy atom. The van der Waals surface area contributed by atoms with Crippen molar-refractivity contribution in [3.63, 3.8) is 0 Å². The van der Waals surface area contributed by atoms with Crippen molar-refractivity contribution >= 4 is 17.6 Å². The van der Waals surface area contributed by atoms with E-state index in [4.69, 9.17) is 0 Å². The maximum absolute atomic E-state index is 11.7. The van der Waals surface area contributed by atoms with E-state index >= 15 is 0 Å². The maximum Gasteiger partial charge on any atom is 0.333 e. The number of hydrogen-bond acceptors (Lipinski definition) is 4. The first-order chi connectivity index (χ1) is 11.1. The van der Waals surface area contributed by atoms with Crippen LogP contribution in [-0.4, -0.2) is 28.4 Å². The van der Waals surface area contributed by atoms with Crippen LogP contribution in [0.3, 0.4) is 0 Å². The van der Waals surface area contributed by atoms with Gasteiger partial charge in [-0.1, -0.05) is 30.3 Å². The van der Waals surface area contributed by atoms with E-state index < -0.39 is 16.9 Å². The van der Waals surface area contributed by atoms with E-state index in [1.165, 1.54) is 0 Å². The van der Waals surface area contributed by atoms with Gasteiger partial charge in [-0.25, -0.2) is 10.2 Å². The molecular weight excluding hydrogens is 302 g/mol. The van der Waals surface area contributed by atoms with Crippen LogP contribution in [-0.2, 0) is 6.42 Å². The van der Waals surface area contributed by atoms with Gasteiger partial charge in [0.2, 0.25) is 0 Å². The van der Waals surface area contributed by atoms with Crippen molar-refractivity contribution in [1.29, 1.82) is 0 Å². The highest BCUT2D eigenvalue weighted by Crippen LogP contribution is 2.11. The van der Waals surface area contributed by atoms with Crippen LogP contribution in [0.1, 0.15) is 16.1 Å². The van der Waals surface area contributed by atoms with Crippen LogP contribution in [0, 0.1) is 10.1 Å². The van der Waals surface area contributed by atoms with E-state index in [0.29, 0.717) is 13.0 Å². The monoisotopic (exact) mass is 317 g/mol. The summed E-state index contributed by atoms with van der Waals surface area (Å²) < 4.78 is 0. The third-order valence-electron chi connectivity index (χ3n) is 2.95. The first kappa shape index (κ1) is 16.0. The molecule has 2 aromatic rings. The minimum atomic E-state index is -0.684. The quantitative estimate of drug-likeness (QED) is 0.486. The lowest BCUT2D eigenvalue weighted by Crippen LogP contribution is -2.47. The Bertz CT molecular complexity index is 698. The van der Waals surface area contributed by atoms with E-state index in [1.54, 1.807) is 0 Å². The number of aromatic nitrogens is 1. The topological polar surface area (TPSA) is 129 Å². The van der Waals surface area contributed by atoms with E-state index in [-0.39, 0.29) is 11.4 Å². The van der Waals surface area contributed by atoms with Crippen LogP contribution in [0.5, 0.6) is 0 Å². The van der Waals surface area contributed by atoms with Crippen molar-refractivity contribution in [1.82, 2.24) is 21.2 Å². The summed E-state index contributed by atoms with van der Waals surface area (Å²) in [4.78, 5) is 35.5. The molecule has 0 saturated carbocycles. The highest BCUT2D eigenvalue weighted by molar-refractivity contribution is 5.94. The Morgan fingerprint density at radius 1 is 1.17 bits per heavy atom. The molecule has 0 aliphatic rings. The number of nitro groups is 1. The number of hydrazine groups is 1. The van der Waals surface area contributed by atoms with Gasteiger partial charge in [0.05, 0.1) is 11.1 Å². The molecule has 9 nitrogen and oxygen atoms in total. The van der Waals surface area contributed by atoms with Crippen molar-refractivity contribution in [2.45, 2.75) is 6.42 Å². The number of benzene rings is 1. The molecule has 0 fully saturated rings. The molecule has 9 heteroatoms. The zero-order valence-corrected chi connectivity index (χ0v) is 12.0. The van der Waals surface area contributed by atoms with Gasteiger partial charge in [-0.2, -0.15) is 0 Å². The van der Waals surface area contributed by atoms with Crippen molar-refractivity contribution in [3.05, 3.63) is 64.0 Å². The minimum absolute atomic E-state index is 0.0266. The minimum Gasteiger partial charge on any atom is -0.351 e. The Morgan fingerprint density at radius 3 is 2.57 bits per heavy atom. The fraction of sp³-hybridized carbons (Fsp3) is 0.143. The van der Waals surface area contributed by atoms with Gasteiger partial charge in [-0.15, -0.1) is 0 Å². The van der Waals surface area contributed by atoms with Gasteiger partial charge in [0, 0.05) is 12.6 Å². The number of rotatable bonds is 5. The number of amides is 3. The molecule has 0 saturated heterocycles. The molecule has 2 rings (SSSR count). The highest BCUT2D eigenvalue weighted by atomic mass is 16.6. The van der Waals surface area contributed by atoms with Crippen molar-refractivity contribution < 1.29 is 14.5 Å². The average molecular weight is 317 g/mol. The summed E-state index contributed by atoms with van der Waals surface area (Å²) in [6.45, 7) is 0.402. The Hall–Kier alpha value is -3.36. The fourth-order valence-corrected chi connectivity index (χ4v) is 1.81. The van der Waals surface area contributed by atoms with Gasteiger partial charge < -0.3 is 10.3 Å². The van der Waals surface area contributed by atoms with Gasteiger partial charge in [-0.3, -0.25) is 20.3 Å². The Labute approximate surface area is 131 Å². The third kappa shape index (κ3) is 4.84. The maximum atomic E-state index is 11.7. The van der Waals surface area contributed by atoms with Gasteiger partial charge in [0.15, 0.2) is 0 Å². The van der Waals surface area contributed by atoms with Crippen LogP contribution in [0.15, 0.2) is 42.6 Å². The third-order valence-corrected chi connectivity index (χ3v) is 2.95. The molecule has 1 aromatic carbocycles. The second kappa shape index (κ2) is 7.59. The smallest absolute Gasteiger partial charge is 0.333 e. The highest BCUT2D eigenvalue weighted by Gasteiger charge is 2.14. The summed E-state index contributed by atoms with van der Waals surface area (Å²) in [7, 11) is 0.